The Morgan fingerprint density at radius 1 is 1.69 bits per heavy atom. The summed E-state index contributed by atoms with van der Waals surface area (Å²) in [6.07, 6.45) is 0.192. The molecule has 8 nitrogen and oxygen atoms in total. The number of halogens is 1. The number of amides is 1. The molecule has 88 valence electrons. The number of nitrogens with two attached hydrogens (primary N) is 2. The van der Waals surface area contributed by atoms with Crippen molar-refractivity contribution in [3.8, 4) is 0 Å². The molecule has 0 spiro atoms. The number of carbonyl (C=O) groups excluding carboxylic acids is 1. The predicted molar refractivity (Wildman–Crippen MR) is 61.2 cm³/mol. The molecule has 0 saturated carbocycles. The summed E-state index contributed by atoms with van der Waals surface area (Å²) in [7, 11) is 0. The molecular weight excluding hydrogens is 280 g/mol. The minimum atomic E-state index is -1.28. The molecule has 0 saturated heterocycles. The molecule has 1 aromatic heterocycles. The Labute approximate surface area is 99.5 Å². The molecule has 1 aromatic rings. The van der Waals surface area contributed by atoms with Crippen molar-refractivity contribution in [1.29, 1.82) is 0 Å². The van der Waals surface area contributed by atoms with Gasteiger partial charge in [0.05, 0.1) is 11.0 Å². The smallest absolute Gasteiger partial charge is 0.248 e. The Balaban J connectivity index is 2.69. The highest BCUT2D eigenvalue weighted by Crippen LogP contribution is 2.19. The highest BCUT2D eigenvalue weighted by molar-refractivity contribution is 9.10. The lowest BCUT2D eigenvalue weighted by atomic mass is 10.3. The third kappa shape index (κ3) is 3.29. The van der Waals surface area contributed by atoms with E-state index in [9.17, 15) is 4.79 Å². The monoisotopic (exact) mass is 290 g/mol. The Bertz CT molecular complexity index is 387. The van der Waals surface area contributed by atoms with Gasteiger partial charge in [-0.1, -0.05) is 0 Å². The van der Waals surface area contributed by atoms with Crippen molar-refractivity contribution < 1.29 is 9.90 Å². The fourth-order valence-corrected chi connectivity index (χ4v) is 1.19. The van der Waals surface area contributed by atoms with Gasteiger partial charge in [-0.05, 0) is 15.9 Å². The summed E-state index contributed by atoms with van der Waals surface area (Å²) in [5, 5.41) is 11.9. The van der Waals surface area contributed by atoms with Gasteiger partial charge in [0.15, 0.2) is 0 Å². The molecular formula is C7H11BrN6O2. The summed E-state index contributed by atoms with van der Waals surface area (Å²) in [6, 6.07) is 0. The Hall–Kier alpha value is -1.45. The normalized spacial score (nSPS) is 11.9. The van der Waals surface area contributed by atoms with Crippen molar-refractivity contribution in [2.24, 2.45) is 11.6 Å². The van der Waals surface area contributed by atoms with E-state index in [-0.39, 0.29) is 12.5 Å². The highest BCUT2D eigenvalue weighted by Gasteiger charge is 2.12. The second-order valence-electron chi connectivity index (χ2n) is 2.83. The van der Waals surface area contributed by atoms with Gasteiger partial charge in [0, 0.05) is 6.20 Å². The lowest BCUT2D eigenvalue weighted by Gasteiger charge is -2.10. The lowest BCUT2D eigenvalue weighted by Crippen LogP contribution is -2.34. The summed E-state index contributed by atoms with van der Waals surface area (Å²) in [4.78, 5) is 18.4. The molecule has 1 heterocycles. The van der Waals surface area contributed by atoms with Crippen LogP contribution in [0.4, 0.5) is 11.8 Å². The molecule has 7 N–H and O–H groups in total. The number of hydrazine groups is 1. The molecule has 1 atom stereocenters. The van der Waals surface area contributed by atoms with Crippen molar-refractivity contribution in [1.82, 2.24) is 9.97 Å². The van der Waals surface area contributed by atoms with E-state index in [2.05, 4.69) is 36.6 Å². The van der Waals surface area contributed by atoms with E-state index in [1.807, 2.05) is 0 Å². The summed E-state index contributed by atoms with van der Waals surface area (Å²) < 4.78 is 0.572. The number of nitrogens with zero attached hydrogens (tertiary/aromatic N) is 2. The van der Waals surface area contributed by atoms with Gasteiger partial charge in [-0.25, -0.2) is 10.8 Å². The van der Waals surface area contributed by atoms with E-state index < -0.39 is 12.0 Å². The zero-order chi connectivity index (χ0) is 12.1. The largest absolute Gasteiger partial charge is 0.381 e. The van der Waals surface area contributed by atoms with Crippen molar-refractivity contribution >= 4 is 33.6 Å². The van der Waals surface area contributed by atoms with Crippen LogP contribution in [0.2, 0.25) is 0 Å². The average molecular weight is 291 g/mol. The summed E-state index contributed by atoms with van der Waals surface area (Å²) in [6.45, 7) is -0.0467. The minimum absolute atomic E-state index is 0.0467. The molecule has 0 aliphatic carbocycles. The highest BCUT2D eigenvalue weighted by atomic mass is 79.9. The lowest BCUT2D eigenvalue weighted by molar-refractivity contribution is -0.125. The van der Waals surface area contributed by atoms with Crippen LogP contribution in [0, 0.1) is 0 Å². The molecule has 1 amide bonds. The number of aliphatic hydroxyl groups is 1. The minimum Gasteiger partial charge on any atom is -0.381 e. The second kappa shape index (κ2) is 5.58. The summed E-state index contributed by atoms with van der Waals surface area (Å²) in [5.41, 5.74) is 7.16. The molecule has 16 heavy (non-hydrogen) atoms. The number of aliphatic hydroxyl groups excluding tert-OH is 1. The molecule has 1 unspecified atom stereocenters. The number of primary amides is 1. The third-order valence-electron chi connectivity index (χ3n) is 1.66. The van der Waals surface area contributed by atoms with Gasteiger partial charge in [-0.15, -0.1) is 0 Å². The first-order valence-corrected chi connectivity index (χ1v) is 5.04. The summed E-state index contributed by atoms with van der Waals surface area (Å²) >= 11 is 3.19. The molecule has 0 bridgehead atoms. The van der Waals surface area contributed by atoms with E-state index in [4.69, 9.17) is 16.7 Å². The topological polar surface area (TPSA) is 139 Å². The van der Waals surface area contributed by atoms with Gasteiger partial charge >= 0.3 is 0 Å². The van der Waals surface area contributed by atoms with E-state index >= 15 is 0 Å². The van der Waals surface area contributed by atoms with Crippen LogP contribution in [0.5, 0.6) is 0 Å². The van der Waals surface area contributed by atoms with Crippen LogP contribution in [0.1, 0.15) is 0 Å². The number of anilines is 2. The molecule has 0 aromatic carbocycles. The van der Waals surface area contributed by atoms with Crippen LogP contribution in [0.25, 0.3) is 0 Å². The quantitative estimate of drug-likeness (QED) is 0.338. The molecule has 0 radical (unpaired) electrons. The molecule has 1 rings (SSSR count). The van der Waals surface area contributed by atoms with Crippen LogP contribution in [-0.2, 0) is 4.79 Å². The van der Waals surface area contributed by atoms with Gasteiger partial charge in [0.2, 0.25) is 11.9 Å². The van der Waals surface area contributed by atoms with Crippen LogP contribution >= 0.6 is 15.9 Å². The molecule has 0 aliphatic heterocycles. The number of nitrogen functional groups attached to an aromatic ring is 1. The van der Waals surface area contributed by atoms with Crippen LogP contribution in [0.3, 0.4) is 0 Å². The second-order valence-corrected chi connectivity index (χ2v) is 3.69. The maximum absolute atomic E-state index is 10.6. The number of hydrogen-bond donors (Lipinski definition) is 5. The third-order valence-corrected chi connectivity index (χ3v) is 2.24. The predicted octanol–water partition coefficient (Wildman–Crippen LogP) is -1.22. The van der Waals surface area contributed by atoms with E-state index in [0.29, 0.717) is 10.3 Å². The van der Waals surface area contributed by atoms with E-state index in [0.717, 1.165) is 0 Å². The average Bonchev–Trinajstić information content (AvgIpc) is 2.27. The molecule has 0 fully saturated rings. The molecule has 0 aliphatic rings. The Kier molecular flexibility index (Phi) is 4.40. The summed E-state index contributed by atoms with van der Waals surface area (Å²) in [5.74, 6) is 4.92. The fraction of sp³-hybridized carbons (Fsp3) is 0.286. The van der Waals surface area contributed by atoms with Crippen LogP contribution < -0.4 is 22.3 Å². The van der Waals surface area contributed by atoms with Gasteiger partial charge in [0.1, 0.15) is 11.9 Å². The number of rotatable bonds is 5. The Morgan fingerprint density at radius 3 is 2.94 bits per heavy atom. The Morgan fingerprint density at radius 2 is 2.38 bits per heavy atom. The maximum Gasteiger partial charge on any atom is 0.248 e. The fourth-order valence-electron chi connectivity index (χ4n) is 0.855. The first kappa shape index (κ1) is 12.6. The number of nitrogens with one attached hydrogen (secondary N) is 2. The van der Waals surface area contributed by atoms with Gasteiger partial charge in [-0.3, -0.25) is 10.2 Å². The van der Waals surface area contributed by atoms with Crippen LogP contribution in [-0.4, -0.2) is 33.6 Å². The first-order chi connectivity index (χ1) is 7.54. The van der Waals surface area contributed by atoms with Gasteiger partial charge in [-0.2, -0.15) is 4.98 Å². The van der Waals surface area contributed by atoms with Crippen molar-refractivity contribution in [2.75, 3.05) is 17.3 Å². The van der Waals surface area contributed by atoms with Gasteiger partial charge < -0.3 is 16.2 Å². The zero-order valence-corrected chi connectivity index (χ0v) is 9.73. The van der Waals surface area contributed by atoms with E-state index in [1.54, 1.807) is 0 Å². The van der Waals surface area contributed by atoms with Crippen molar-refractivity contribution in [3.63, 3.8) is 0 Å². The first-order valence-electron chi connectivity index (χ1n) is 4.25. The number of carbonyl (C=O) groups is 1. The van der Waals surface area contributed by atoms with E-state index in [1.165, 1.54) is 6.20 Å². The van der Waals surface area contributed by atoms with Crippen molar-refractivity contribution in [2.45, 2.75) is 6.10 Å². The number of hydrogen-bond acceptors (Lipinski definition) is 7. The van der Waals surface area contributed by atoms with Crippen LogP contribution in [0.15, 0.2) is 10.7 Å². The molecule has 9 heteroatoms. The van der Waals surface area contributed by atoms with Crippen molar-refractivity contribution in [3.05, 3.63) is 10.7 Å². The standard InChI is InChI=1S/C7H11BrN6O2/c8-3-1-12-7(14-10)13-6(3)11-2-4(15)5(9)16/h1,4,15H,2,10H2,(H2,9,16)(H2,11,12,13,14). The zero-order valence-electron chi connectivity index (χ0n) is 8.14. The van der Waals surface area contributed by atoms with Gasteiger partial charge in [0.25, 0.3) is 0 Å². The SMILES string of the molecule is NNc1ncc(Br)c(NCC(O)C(N)=O)n1. The maximum atomic E-state index is 10.6. The number of aromatic nitrogens is 2.